The zero-order chi connectivity index (χ0) is 26.0. The molecule has 8 heteroatoms. The Morgan fingerprint density at radius 1 is 0.806 bits per heavy atom. The van der Waals surface area contributed by atoms with Crippen molar-refractivity contribution < 1.29 is 28.9 Å². The van der Waals surface area contributed by atoms with Crippen LogP contribution in [0.3, 0.4) is 0 Å². The Hall–Kier alpha value is -3.10. The summed E-state index contributed by atoms with van der Waals surface area (Å²) >= 11 is 0. The molecule has 0 bridgehead atoms. The Morgan fingerprint density at radius 2 is 1.31 bits per heavy atom. The van der Waals surface area contributed by atoms with Gasteiger partial charge in [-0.05, 0) is 57.6 Å². The molecule has 0 heterocycles. The number of benzene rings is 2. The van der Waals surface area contributed by atoms with Crippen LogP contribution in [0.5, 0.6) is 0 Å². The first-order chi connectivity index (χ1) is 17.2. The number of rotatable bonds is 7. The van der Waals surface area contributed by atoms with Crippen molar-refractivity contribution in [3.05, 3.63) is 71.8 Å². The molecule has 2 amide bonds. The van der Waals surface area contributed by atoms with Gasteiger partial charge in [0, 0.05) is 12.1 Å². The van der Waals surface area contributed by atoms with Gasteiger partial charge in [0.15, 0.2) is 0 Å². The summed E-state index contributed by atoms with van der Waals surface area (Å²) in [7, 11) is 0. The molecule has 0 radical (unpaired) electrons. The third-order valence-electron chi connectivity index (χ3n) is 5.79. The van der Waals surface area contributed by atoms with E-state index in [0.717, 1.165) is 18.4 Å². The quantitative estimate of drug-likeness (QED) is 0.511. The van der Waals surface area contributed by atoms with Crippen LogP contribution in [0.4, 0.5) is 9.59 Å². The molecular formula is C28H38N2O6. The summed E-state index contributed by atoms with van der Waals surface area (Å²) in [4.78, 5) is 22.9. The van der Waals surface area contributed by atoms with Gasteiger partial charge in [-0.25, -0.2) is 9.59 Å². The summed E-state index contributed by atoms with van der Waals surface area (Å²) < 4.78 is 16.1. The van der Waals surface area contributed by atoms with Crippen LogP contribution in [0.2, 0.25) is 0 Å². The SMILES string of the molecule is CC(C)(C)OC(=O)NC1CC(O)C1.O=C(NC1CC(OCc2ccccc2)C1)OCc1ccccc1. The zero-order valence-corrected chi connectivity index (χ0v) is 21.3. The van der Waals surface area contributed by atoms with Gasteiger partial charge in [0.2, 0.25) is 0 Å². The molecule has 2 aliphatic rings. The third kappa shape index (κ3) is 10.3. The van der Waals surface area contributed by atoms with Gasteiger partial charge >= 0.3 is 12.2 Å². The number of aliphatic hydroxyl groups excluding tert-OH is 1. The third-order valence-corrected chi connectivity index (χ3v) is 5.79. The minimum atomic E-state index is -0.452. The van der Waals surface area contributed by atoms with E-state index in [9.17, 15) is 9.59 Å². The molecule has 0 unspecified atom stereocenters. The first kappa shape index (κ1) is 27.5. The lowest BCUT2D eigenvalue weighted by Crippen LogP contribution is -2.48. The van der Waals surface area contributed by atoms with Gasteiger partial charge < -0.3 is 30.0 Å². The number of ether oxygens (including phenoxy) is 3. The molecular weight excluding hydrogens is 460 g/mol. The van der Waals surface area contributed by atoms with Crippen LogP contribution in [0.15, 0.2) is 60.7 Å². The molecule has 2 aromatic rings. The van der Waals surface area contributed by atoms with Gasteiger partial charge in [-0.1, -0.05) is 60.7 Å². The van der Waals surface area contributed by atoms with E-state index < -0.39 is 11.7 Å². The number of nitrogens with one attached hydrogen (secondary N) is 2. The van der Waals surface area contributed by atoms with Crippen molar-refractivity contribution in [2.45, 2.75) is 89.6 Å². The first-order valence-corrected chi connectivity index (χ1v) is 12.5. The molecule has 8 nitrogen and oxygen atoms in total. The molecule has 0 spiro atoms. The molecule has 36 heavy (non-hydrogen) atoms. The normalized spacial score (nSPS) is 22.6. The second-order valence-electron chi connectivity index (χ2n) is 10.3. The van der Waals surface area contributed by atoms with Crippen molar-refractivity contribution >= 4 is 12.2 Å². The van der Waals surface area contributed by atoms with Crippen molar-refractivity contribution in [3.63, 3.8) is 0 Å². The maximum atomic E-state index is 11.7. The molecule has 3 N–H and O–H groups in total. The molecule has 2 fully saturated rings. The average molecular weight is 499 g/mol. The van der Waals surface area contributed by atoms with E-state index in [-0.39, 0.29) is 30.4 Å². The summed E-state index contributed by atoms with van der Waals surface area (Å²) in [5.74, 6) is 0. The molecule has 0 aromatic heterocycles. The average Bonchev–Trinajstić information content (AvgIpc) is 2.78. The van der Waals surface area contributed by atoms with Gasteiger partial charge in [0.05, 0.1) is 18.8 Å². The first-order valence-electron chi connectivity index (χ1n) is 12.5. The number of amides is 2. The van der Waals surface area contributed by atoms with E-state index in [1.807, 2.05) is 69.3 Å². The predicted octanol–water partition coefficient (Wildman–Crippen LogP) is 4.70. The fraction of sp³-hybridized carbons (Fsp3) is 0.500. The fourth-order valence-electron chi connectivity index (χ4n) is 3.72. The van der Waals surface area contributed by atoms with E-state index in [4.69, 9.17) is 19.3 Å². The summed E-state index contributed by atoms with van der Waals surface area (Å²) in [6.45, 7) is 6.39. The highest BCUT2D eigenvalue weighted by Gasteiger charge is 2.31. The highest BCUT2D eigenvalue weighted by molar-refractivity contribution is 5.68. The van der Waals surface area contributed by atoms with Crippen molar-refractivity contribution in [3.8, 4) is 0 Å². The summed E-state index contributed by atoms with van der Waals surface area (Å²) in [5, 5.41) is 14.5. The number of carbonyl (C=O) groups is 2. The molecule has 4 rings (SSSR count). The largest absolute Gasteiger partial charge is 0.445 e. The smallest absolute Gasteiger partial charge is 0.407 e. The van der Waals surface area contributed by atoms with Crippen LogP contribution in [0, 0.1) is 0 Å². The zero-order valence-electron chi connectivity index (χ0n) is 21.3. The Balaban J connectivity index is 0.000000236. The summed E-state index contributed by atoms with van der Waals surface area (Å²) in [6, 6.07) is 20.0. The Kier molecular flexibility index (Phi) is 10.1. The lowest BCUT2D eigenvalue weighted by Gasteiger charge is -2.35. The van der Waals surface area contributed by atoms with E-state index in [2.05, 4.69) is 22.8 Å². The highest BCUT2D eigenvalue weighted by atomic mass is 16.6. The molecule has 0 saturated heterocycles. The number of carbonyl (C=O) groups excluding carboxylic acids is 2. The van der Waals surface area contributed by atoms with E-state index in [0.29, 0.717) is 26.1 Å². The van der Waals surface area contributed by atoms with Gasteiger partial charge in [-0.15, -0.1) is 0 Å². The van der Waals surface area contributed by atoms with Gasteiger partial charge in [-0.2, -0.15) is 0 Å². The Bertz CT molecular complexity index is 936. The van der Waals surface area contributed by atoms with E-state index >= 15 is 0 Å². The standard InChI is InChI=1S/C19H21NO3.C9H17NO3/c21-19(23-14-16-9-5-2-6-10-16)20-17-11-18(12-17)22-13-15-7-3-1-4-8-15;1-9(2,3)13-8(12)10-6-4-7(11)5-6/h1-10,17-18H,11-14H2,(H,20,21);6-7,11H,4-5H2,1-3H3,(H,10,12). The predicted molar refractivity (Wildman–Crippen MR) is 136 cm³/mol. The maximum absolute atomic E-state index is 11.7. The lowest BCUT2D eigenvalue weighted by atomic mass is 9.89. The molecule has 0 atom stereocenters. The van der Waals surface area contributed by atoms with Crippen molar-refractivity contribution in [1.29, 1.82) is 0 Å². The lowest BCUT2D eigenvalue weighted by molar-refractivity contribution is -0.0263. The minimum absolute atomic E-state index is 0.0878. The monoisotopic (exact) mass is 498 g/mol. The van der Waals surface area contributed by atoms with Crippen molar-refractivity contribution in [2.75, 3.05) is 0 Å². The highest BCUT2D eigenvalue weighted by Crippen LogP contribution is 2.24. The van der Waals surface area contributed by atoms with Gasteiger partial charge in [-0.3, -0.25) is 0 Å². The minimum Gasteiger partial charge on any atom is -0.445 e. The molecule has 2 aromatic carbocycles. The second kappa shape index (κ2) is 13.3. The van der Waals surface area contributed by atoms with Crippen LogP contribution in [-0.4, -0.2) is 47.2 Å². The van der Waals surface area contributed by atoms with Crippen molar-refractivity contribution in [1.82, 2.24) is 10.6 Å². The van der Waals surface area contributed by atoms with Crippen LogP contribution < -0.4 is 10.6 Å². The number of aliphatic hydroxyl groups is 1. The molecule has 0 aliphatic heterocycles. The van der Waals surface area contributed by atoms with Crippen LogP contribution >= 0.6 is 0 Å². The van der Waals surface area contributed by atoms with Crippen LogP contribution in [0.25, 0.3) is 0 Å². The number of hydrogen-bond donors (Lipinski definition) is 3. The molecule has 196 valence electrons. The van der Waals surface area contributed by atoms with E-state index in [1.165, 1.54) is 5.56 Å². The fourth-order valence-corrected chi connectivity index (χ4v) is 3.72. The topological polar surface area (TPSA) is 106 Å². The Morgan fingerprint density at radius 3 is 1.83 bits per heavy atom. The second-order valence-corrected chi connectivity index (χ2v) is 10.3. The molecule has 2 saturated carbocycles. The number of hydrogen-bond acceptors (Lipinski definition) is 6. The van der Waals surface area contributed by atoms with Crippen LogP contribution in [-0.2, 0) is 27.4 Å². The van der Waals surface area contributed by atoms with Crippen molar-refractivity contribution in [2.24, 2.45) is 0 Å². The maximum Gasteiger partial charge on any atom is 0.407 e. The number of alkyl carbamates (subject to hydrolysis) is 2. The summed E-state index contributed by atoms with van der Waals surface area (Å²) in [6.07, 6.45) is 2.17. The Labute approximate surface area is 213 Å². The van der Waals surface area contributed by atoms with Gasteiger partial charge in [0.1, 0.15) is 12.2 Å². The molecule has 2 aliphatic carbocycles. The van der Waals surface area contributed by atoms with Gasteiger partial charge in [0.25, 0.3) is 0 Å². The van der Waals surface area contributed by atoms with Crippen LogP contribution in [0.1, 0.15) is 57.6 Å². The summed E-state index contributed by atoms with van der Waals surface area (Å²) in [5.41, 5.74) is 1.71. The van der Waals surface area contributed by atoms with E-state index in [1.54, 1.807) is 0 Å².